The van der Waals surface area contributed by atoms with Crippen LogP contribution in [0.15, 0.2) is 22.8 Å². The summed E-state index contributed by atoms with van der Waals surface area (Å²) in [5, 5.41) is 19.8. The fraction of sp³-hybridized carbons (Fsp3) is 0.727. The fourth-order valence-electron chi connectivity index (χ4n) is 3.48. The van der Waals surface area contributed by atoms with Crippen molar-refractivity contribution in [3.05, 3.63) is 22.8 Å². The topological polar surface area (TPSA) is 74.6 Å². The minimum Gasteiger partial charge on any atom is -0.481 e. The van der Waals surface area contributed by atoms with E-state index in [0.29, 0.717) is 36.7 Å². The van der Waals surface area contributed by atoms with Crippen molar-refractivity contribution in [2.75, 3.05) is 0 Å². The predicted octanol–water partition coefficient (Wildman–Crippen LogP) is 5.63. The number of halogens is 1. The van der Waals surface area contributed by atoms with E-state index in [2.05, 4.69) is 20.8 Å². The number of hydrogen-bond acceptors (Lipinski definition) is 3. The van der Waals surface area contributed by atoms with Crippen LogP contribution in [-0.2, 0) is 9.59 Å². The molecule has 0 aromatic heterocycles. The first kappa shape index (κ1) is 23.9. The average Bonchev–Trinajstić information content (AvgIpc) is 2.78. The summed E-state index contributed by atoms with van der Waals surface area (Å²) in [6.45, 7) is 6.64. The van der Waals surface area contributed by atoms with Crippen LogP contribution in [-0.4, -0.2) is 27.6 Å². The van der Waals surface area contributed by atoms with Crippen molar-refractivity contribution >= 4 is 23.4 Å². The second-order valence-electron chi connectivity index (χ2n) is 8.33. The van der Waals surface area contributed by atoms with Crippen LogP contribution in [0.1, 0.15) is 85.0 Å². The number of carboxylic acids is 1. The number of unbranched alkanes of at least 4 members (excludes halogenated alkanes) is 3. The fourth-order valence-corrected chi connectivity index (χ4v) is 3.77. The van der Waals surface area contributed by atoms with E-state index < -0.39 is 11.6 Å². The Morgan fingerprint density at radius 2 is 1.85 bits per heavy atom. The molecule has 1 aliphatic carbocycles. The molecule has 0 saturated heterocycles. The van der Waals surface area contributed by atoms with E-state index in [4.69, 9.17) is 16.7 Å². The van der Waals surface area contributed by atoms with Gasteiger partial charge in [0.05, 0.1) is 5.03 Å². The second kappa shape index (κ2) is 11.7. The number of carboxylic acid groups (broad SMARTS) is 1. The van der Waals surface area contributed by atoms with Crippen molar-refractivity contribution in [3.63, 3.8) is 0 Å². The number of aliphatic hydroxyl groups is 1. The Kier molecular flexibility index (Phi) is 10.3. The predicted molar refractivity (Wildman–Crippen MR) is 110 cm³/mol. The summed E-state index contributed by atoms with van der Waals surface area (Å²) in [5.74, 6) is 0.137. The van der Waals surface area contributed by atoms with Crippen LogP contribution in [0, 0.1) is 11.8 Å². The van der Waals surface area contributed by atoms with E-state index in [1.54, 1.807) is 6.08 Å². The molecule has 0 fully saturated rings. The van der Waals surface area contributed by atoms with Crippen LogP contribution in [0.2, 0.25) is 0 Å². The molecule has 4 nitrogen and oxygen atoms in total. The van der Waals surface area contributed by atoms with Crippen LogP contribution < -0.4 is 0 Å². The Balaban J connectivity index is 2.54. The maximum absolute atomic E-state index is 12.3. The Labute approximate surface area is 168 Å². The van der Waals surface area contributed by atoms with Crippen molar-refractivity contribution < 1.29 is 19.8 Å². The lowest BCUT2D eigenvalue weighted by molar-refractivity contribution is -0.137. The lowest BCUT2D eigenvalue weighted by Gasteiger charge is -2.24. The average molecular weight is 399 g/mol. The molecule has 1 aliphatic rings. The third-order valence-corrected chi connectivity index (χ3v) is 5.51. The second-order valence-corrected chi connectivity index (χ2v) is 8.73. The van der Waals surface area contributed by atoms with E-state index in [9.17, 15) is 14.7 Å². The highest BCUT2D eigenvalue weighted by Gasteiger charge is 2.40. The smallest absolute Gasteiger partial charge is 0.303 e. The molecule has 0 radical (unpaired) electrons. The zero-order valence-electron chi connectivity index (χ0n) is 17.0. The Morgan fingerprint density at radius 1 is 1.15 bits per heavy atom. The van der Waals surface area contributed by atoms with E-state index in [0.717, 1.165) is 25.7 Å². The van der Waals surface area contributed by atoms with Gasteiger partial charge in [0, 0.05) is 12.0 Å². The van der Waals surface area contributed by atoms with Gasteiger partial charge < -0.3 is 10.2 Å². The highest BCUT2D eigenvalue weighted by atomic mass is 35.5. The third-order valence-electron chi connectivity index (χ3n) is 5.23. The molecule has 0 amide bonds. The van der Waals surface area contributed by atoms with E-state index >= 15 is 0 Å². The molecule has 2 unspecified atom stereocenters. The molecule has 1 rings (SSSR count). The molecular weight excluding hydrogens is 364 g/mol. The van der Waals surface area contributed by atoms with Gasteiger partial charge in [-0.1, -0.05) is 64.1 Å². The Bertz CT molecular complexity index is 565. The lowest BCUT2D eigenvalue weighted by Crippen LogP contribution is -2.28. The van der Waals surface area contributed by atoms with E-state index in [-0.39, 0.29) is 17.2 Å². The highest BCUT2D eigenvalue weighted by Crippen LogP contribution is 2.38. The molecule has 0 aromatic carbocycles. The monoisotopic (exact) mass is 398 g/mol. The van der Waals surface area contributed by atoms with E-state index in [1.807, 2.05) is 0 Å². The normalized spacial score (nSPS) is 22.5. The molecule has 0 aliphatic heterocycles. The van der Waals surface area contributed by atoms with Gasteiger partial charge in [0.15, 0.2) is 0 Å². The number of hydrogen-bond donors (Lipinski definition) is 2. The summed E-state index contributed by atoms with van der Waals surface area (Å²) in [7, 11) is 0. The minimum atomic E-state index is -1.26. The summed E-state index contributed by atoms with van der Waals surface area (Å²) in [6.07, 6.45) is 11.2. The van der Waals surface area contributed by atoms with Crippen LogP contribution >= 0.6 is 11.6 Å². The Morgan fingerprint density at radius 3 is 2.48 bits per heavy atom. The molecule has 5 heteroatoms. The van der Waals surface area contributed by atoms with Crippen molar-refractivity contribution in [2.24, 2.45) is 11.8 Å². The van der Waals surface area contributed by atoms with Crippen molar-refractivity contribution in [1.29, 1.82) is 0 Å². The molecule has 2 atom stereocenters. The van der Waals surface area contributed by atoms with Crippen molar-refractivity contribution in [2.45, 2.75) is 90.6 Å². The molecule has 0 bridgehead atoms. The van der Waals surface area contributed by atoms with Crippen LogP contribution in [0.5, 0.6) is 0 Å². The molecule has 2 N–H and O–H groups in total. The van der Waals surface area contributed by atoms with Crippen LogP contribution in [0.25, 0.3) is 0 Å². The quantitative estimate of drug-likeness (QED) is 0.311. The third kappa shape index (κ3) is 8.61. The maximum atomic E-state index is 12.3. The van der Waals surface area contributed by atoms with Gasteiger partial charge in [-0.2, -0.15) is 0 Å². The minimum absolute atomic E-state index is 0.0992. The van der Waals surface area contributed by atoms with Gasteiger partial charge in [0.1, 0.15) is 5.60 Å². The molecule has 0 saturated carbocycles. The van der Waals surface area contributed by atoms with Gasteiger partial charge in [-0.05, 0) is 50.0 Å². The number of carbonyl (C=O) groups is 2. The van der Waals surface area contributed by atoms with Crippen molar-refractivity contribution in [1.82, 2.24) is 0 Å². The molecule has 0 spiro atoms. The maximum Gasteiger partial charge on any atom is 0.303 e. The zero-order chi connectivity index (χ0) is 20.4. The SMILES string of the molecule is CC(C)CCCC(C)CCC1(O)C=C(Cl)C(=O)/C1=C\CCCCCC(=O)O. The standard InChI is InChI=1S/C22H35ClO4/c1-16(2)9-8-10-17(3)13-14-22(27)15-19(23)21(26)18(22)11-6-4-5-7-12-20(24)25/h11,15-17,27H,4-10,12-14H2,1-3H3,(H,24,25)/b18-11+. The molecule has 0 heterocycles. The molecular formula is C22H35ClO4. The van der Waals surface area contributed by atoms with Crippen LogP contribution in [0.3, 0.4) is 0 Å². The van der Waals surface area contributed by atoms with Gasteiger partial charge in [0.2, 0.25) is 5.78 Å². The summed E-state index contributed by atoms with van der Waals surface area (Å²) in [6, 6.07) is 0. The largest absolute Gasteiger partial charge is 0.481 e. The lowest BCUT2D eigenvalue weighted by atomic mass is 9.86. The molecule has 27 heavy (non-hydrogen) atoms. The van der Waals surface area contributed by atoms with E-state index in [1.165, 1.54) is 18.9 Å². The first-order valence-corrected chi connectivity index (χ1v) is 10.6. The summed E-state index contributed by atoms with van der Waals surface area (Å²) in [5.41, 5.74) is -0.873. The highest BCUT2D eigenvalue weighted by molar-refractivity contribution is 6.46. The van der Waals surface area contributed by atoms with Gasteiger partial charge in [-0.15, -0.1) is 0 Å². The first-order valence-electron chi connectivity index (χ1n) is 10.2. The van der Waals surface area contributed by atoms with Gasteiger partial charge in [-0.3, -0.25) is 9.59 Å². The number of allylic oxidation sites excluding steroid dienone is 2. The number of carbonyl (C=O) groups excluding carboxylic acids is 1. The van der Waals surface area contributed by atoms with Crippen molar-refractivity contribution in [3.8, 4) is 0 Å². The zero-order valence-corrected chi connectivity index (χ0v) is 17.7. The molecule has 0 aromatic rings. The summed E-state index contributed by atoms with van der Waals surface area (Å²) >= 11 is 6.02. The first-order chi connectivity index (χ1) is 12.7. The number of Topliss-reactive ketones (excluding diaryl/α,β-unsaturated/α-hetero) is 1. The summed E-state index contributed by atoms with van der Waals surface area (Å²) < 4.78 is 0. The van der Waals surface area contributed by atoms with Gasteiger partial charge >= 0.3 is 5.97 Å². The number of rotatable bonds is 13. The number of ketones is 1. The Hall–Kier alpha value is -1.13. The van der Waals surface area contributed by atoms with Gasteiger partial charge in [-0.25, -0.2) is 0 Å². The summed E-state index contributed by atoms with van der Waals surface area (Å²) in [4.78, 5) is 22.8. The number of aliphatic carboxylic acids is 1. The van der Waals surface area contributed by atoms with Gasteiger partial charge in [0.25, 0.3) is 0 Å². The van der Waals surface area contributed by atoms with Crippen LogP contribution in [0.4, 0.5) is 0 Å². The molecule has 154 valence electrons.